The number of carbonyl (C=O) groups excluding carboxylic acids is 1. The van der Waals surface area contributed by atoms with E-state index in [4.69, 9.17) is 10.5 Å². The molecular weight excluding hydrogens is 288 g/mol. The van der Waals surface area contributed by atoms with Gasteiger partial charge in [0.1, 0.15) is 5.75 Å². The minimum absolute atomic E-state index is 0. The van der Waals surface area contributed by atoms with Crippen molar-refractivity contribution in [3.05, 3.63) is 29.8 Å². The SMILES string of the molecule is CCOc1ccccc1C(=O)NCC1(N)CCCCC1.Cl. The molecule has 1 aromatic carbocycles. The van der Waals surface area contributed by atoms with Crippen molar-refractivity contribution in [3.8, 4) is 5.75 Å². The van der Waals surface area contributed by atoms with Crippen LogP contribution in [-0.2, 0) is 0 Å². The average Bonchev–Trinajstić information content (AvgIpc) is 2.47. The first-order valence-electron chi connectivity index (χ1n) is 7.43. The molecule has 5 heteroatoms. The van der Waals surface area contributed by atoms with E-state index in [1.165, 1.54) is 6.42 Å². The first-order chi connectivity index (χ1) is 9.64. The van der Waals surface area contributed by atoms with Gasteiger partial charge < -0.3 is 15.8 Å². The van der Waals surface area contributed by atoms with Gasteiger partial charge in [-0.05, 0) is 31.9 Å². The van der Waals surface area contributed by atoms with E-state index in [1.807, 2.05) is 25.1 Å². The number of nitrogens with one attached hydrogen (secondary N) is 1. The highest BCUT2D eigenvalue weighted by atomic mass is 35.5. The van der Waals surface area contributed by atoms with Gasteiger partial charge in [0.2, 0.25) is 0 Å². The first kappa shape index (κ1) is 17.8. The van der Waals surface area contributed by atoms with Crippen molar-refractivity contribution in [2.45, 2.75) is 44.6 Å². The summed E-state index contributed by atoms with van der Waals surface area (Å²) in [6.07, 6.45) is 5.53. The summed E-state index contributed by atoms with van der Waals surface area (Å²) < 4.78 is 5.48. The number of hydrogen-bond donors (Lipinski definition) is 2. The number of amides is 1. The number of ether oxygens (including phenoxy) is 1. The lowest BCUT2D eigenvalue weighted by molar-refractivity contribution is 0.0934. The normalized spacial score (nSPS) is 16.7. The van der Waals surface area contributed by atoms with Crippen molar-refractivity contribution in [3.63, 3.8) is 0 Å². The molecule has 1 amide bonds. The molecule has 0 heterocycles. The van der Waals surface area contributed by atoms with Crippen molar-refractivity contribution >= 4 is 18.3 Å². The zero-order chi connectivity index (χ0) is 14.4. The van der Waals surface area contributed by atoms with Crippen LogP contribution >= 0.6 is 12.4 Å². The van der Waals surface area contributed by atoms with Crippen LogP contribution in [0.15, 0.2) is 24.3 Å². The Morgan fingerprint density at radius 2 is 1.95 bits per heavy atom. The van der Waals surface area contributed by atoms with Gasteiger partial charge in [-0.25, -0.2) is 0 Å². The summed E-state index contributed by atoms with van der Waals surface area (Å²) in [7, 11) is 0. The maximum Gasteiger partial charge on any atom is 0.255 e. The molecule has 1 aromatic rings. The van der Waals surface area contributed by atoms with E-state index < -0.39 is 0 Å². The molecule has 4 nitrogen and oxygen atoms in total. The monoisotopic (exact) mass is 312 g/mol. The number of benzene rings is 1. The molecular formula is C16H25ClN2O2. The Morgan fingerprint density at radius 3 is 2.62 bits per heavy atom. The fraction of sp³-hybridized carbons (Fsp3) is 0.562. The summed E-state index contributed by atoms with van der Waals surface area (Å²) in [6.45, 7) is 2.99. The number of hydrogen-bond acceptors (Lipinski definition) is 3. The second-order valence-corrected chi connectivity index (χ2v) is 5.53. The molecule has 118 valence electrons. The van der Waals surface area contributed by atoms with Crippen molar-refractivity contribution in [2.75, 3.05) is 13.2 Å². The van der Waals surface area contributed by atoms with Crippen molar-refractivity contribution in [2.24, 2.45) is 5.73 Å². The molecule has 0 atom stereocenters. The van der Waals surface area contributed by atoms with Gasteiger partial charge in [-0.15, -0.1) is 12.4 Å². The highest BCUT2D eigenvalue weighted by Crippen LogP contribution is 2.25. The summed E-state index contributed by atoms with van der Waals surface area (Å²) in [5.41, 5.74) is 6.67. The smallest absolute Gasteiger partial charge is 0.255 e. The minimum Gasteiger partial charge on any atom is -0.493 e. The van der Waals surface area contributed by atoms with E-state index in [2.05, 4.69) is 5.32 Å². The topological polar surface area (TPSA) is 64.3 Å². The highest BCUT2D eigenvalue weighted by molar-refractivity contribution is 5.96. The van der Waals surface area contributed by atoms with Crippen LogP contribution in [0.3, 0.4) is 0 Å². The number of rotatable bonds is 5. The van der Waals surface area contributed by atoms with E-state index in [9.17, 15) is 4.79 Å². The summed E-state index contributed by atoms with van der Waals surface area (Å²) in [5, 5.41) is 2.96. The first-order valence-corrected chi connectivity index (χ1v) is 7.43. The van der Waals surface area contributed by atoms with Gasteiger partial charge in [0.15, 0.2) is 0 Å². The average molecular weight is 313 g/mol. The number of para-hydroxylation sites is 1. The van der Waals surface area contributed by atoms with Gasteiger partial charge in [0.05, 0.1) is 12.2 Å². The molecule has 1 aliphatic carbocycles. The predicted octanol–water partition coefficient (Wildman–Crippen LogP) is 2.90. The summed E-state index contributed by atoms with van der Waals surface area (Å²) in [5.74, 6) is 0.520. The number of halogens is 1. The second kappa shape index (κ2) is 8.25. The lowest BCUT2D eigenvalue weighted by Gasteiger charge is -2.33. The number of nitrogens with two attached hydrogens (primary N) is 1. The van der Waals surface area contributed by atoms with Crippen LogP contribution in [0.1, 0.15) is 49.4 Å². The summed E-state index contributed by atoms with van der Waals surface area (Å²) in [4.78, 5) is 12.3. The summed E-state index contributed by atoms with van der Waals surface area (Å²) >= 11 is 0. The quantitative estimate of drug-likeness (QED) is 0.878. The molecule has 0 saturated heterocycles. The van der Waals surface area contributed by atoms with Crippen molar-refractivity contribution in [1.82, 2.24) is 5.32 Å². The van der Waals surface area contributed by atoms with Crippen LogP contribution in [0.2, 0.25) is 0 Å². The van der Waals surface area contributed by atoms with E-state index >= 15 is 0 Å². The molecule has 21 heavy (non-hydrogen) atoms. The van der Waals surface area contributed by atoms with E-state index in [0.29, 0.717) is 24.5 Å². The molecule has 0 spiro atoms. The molecule has 0 aliphatic heterocycles. The molecule has 2 rings (SSSR count). The third-order valence-electron chi connectivity index (χ3n) is 3.88. The molecule has 1 aliphatic rings. The molecule has 3 N–H and O–H groups in total. The van der Waals surface area contributed by atoms with Gasteiger partial charge in [-0.2, -0.15) is 0 Å². The van der Waals surface area contributed by atoms with Crippen molar-refractivity contribution in [1.29, 1.82) is 0 Å². The lowest BCUT2D eigenvalue weighted by atomic mass is 9.82. The number of carbonyl (C=O) groups is 1. The Bertz CT molecular complexity index is 459. The fourth-order valence-corrected chi connectivity index (χ4v) is 2.72. The Hall–Kier alpha value is -1.26. The van der Waals surface area contributed by atoms with Crippen LogP contribution in [0.4, 0.5) is 0 Å². The molecule has 0 unspecified atom stereocenters. The van der Waals surface area contributed by atoms with Gasteiger partial charge >= 0.3 is 0 Å². The van der Waals surface area contributed by atoms with E-state index in [1.54, 1.807) is 6.07 Å². The van der Waals surface area contributed by atoms with Crippen molar-refractivity contribution < 1.29 is 9.53 Å². The zero-order valence-electron chi connectivity index (χ0n) is 12.6. The second-order valence-electron chi connectivity index (χ2n) is 5.53. The van der Waals surface area contributed by atoms with Gasteiger partial charge in [0, 0.05) is 12.1 Å². The minimum atomic E-state index is -0.242. The highest BCUT2D eigenvalue weighted by Gasteiger charge is 2.28. The van der Waals surface area contributed by atoms with Crippen LogP contribution < -0.4 is 15.8 Å². The summed E-state index contributed by atoms with van der Waals surface area (Å²) in [6, 6.07) is 7.31. The third-order valence-corrected chi connectivity index (χ3v) is 3.88. The van der Waals surface area contributed by atoms with Crippen LogP contribution in [0, 0.1) is 0 Å². The fourth-order valence-electron chi connectivity index (χ4n) is 2.72. The molecule has 1 fully saturated rings. The van der Waals surface area contributed by atoms with Gasteiger partial charge in [-0.3, -0.25) is 4.79 Å². The molecule has 0 aromatic heterocycles. The Morgan fingerprint density at radius 1 is 1.29 bits per heavy atom. The Kier molecular flexibility index (Phi) is 6.99. The van der Waals surface area contributed by atoms with Gasteiger partial charge in [0.25, 0.3) is 5.91 Å². The third kappa shape index (κ3) is 4.90. The van der Waals surface area contributed by atoms with Gasteiger partial charge in [-0.1, -0.05) is 31.4 Å². The Balaban J connectivity index is 0.00000220. The largest absolute Gasteiger partial charge is 0.493 e. The molecule has 0 radical (unpaired) electrons. The lowest BCUT2D eigenvalue weighted by Crippen LogP contribution is -2.51. The molecule has 1 saturated carbocycles. The van der Waals surface area contributed by atoms with E-state index in [0.717, 1.165) is 25.7 Å². The molecule has 0 bridgehead atoms. The van der Waals surface area contributed by atoms with Crippen LogP contribution in [0.25, 0.3) is 0 Å². The zero-order valence-corrected chi connectivity index (χ0v) is 13.4. The maximum absolute atomic E-state index is 12.3. The maximum atomic E-state index is 12.3. The predicted molar refractivity (Wildman–Crippen MR) is 87.2 cm³/mol. The van der Waals surface area contributed by atoms with Crippen LogP contribution in [0.5, 0.6) is 5.75 Å². The van der Waals surface area contributed by atoms with E-state index in [-0.39, 0.29) is 23.9 Å². The standard InChI is InChI=1S/C16H24N2O2.ClH/c1-2-20-14-9-5-4-8-13(14)15(19)18-12-16(17)10-6-3-7-11-16;/h4-5,8-9H,2-3,6-7,10-12,17H2,1H3,(H,18,19);1H. The Labute approximate surface area is 132 Å². The van der Waals surface area contributed by atoms with Crippen LogP contribution in [-0.4, -0.2) is 24.6 Å².